The van der Waals surface area contributed by atoms with Crippen LogP contribution in [0.3, 0.4) is 0 Å². The Morgan fingerprint density at radius 2 is 1.75 bits per heavy atom. The molecule has 0 aromatic rings. The van der Waals surface area contributed by atoms with E-state index >= 15 is 0 Å². The van der Waals surface area contributed by atoms with E-state index in [0.717, 1.165) is 12.5 Å². The average molecular weight is 236 g/mol. The molecule has 1 unspecified atom stereocenters. The summed E-state index contributed by atoms with van der Waals surface area (Å²) in [6.45, 7) is 9.06. The first-order chi connectivity index (χ1) is 5.66. The fraction of sp³-hybridized carbons (Fsp3) is 1.00. The molecule has 0 aliphatic carbocycles. The van der Waals surface area contributed by atoms with Gasteiger partial charge in [-0.25, -0.2) is 0 Å². The lowest BCUT2D eigenvalue weighted by Crippen LogP contribution is -2.20. The molecule has 0 saturated carbocycles. The molecule has 2 heteroatoms. The van der Waals surface area contributed by atoms with Crippen LogP contribution in [-0.2, 0) is 0 Å². The van der Waals surface area contributed by atoms with E-state index in [2.05, 4.69) is 42.0 Å². The third kappa shape index (κ3) is 8.54. The lowest BCUT2D eigenvalue weighted by Gasteiger charge is -2.09. The quantitative estimate of drug-likeness (QED) is 0.528. The maximum atomic E-state index is 3.62. The smallest absolute Gasteiger partial charge is 0.0155 e. The highest BCUT2D eigenvalue weighted by molar-refractivity contribution is 9.09. The first kappa shape index (κ1) is 12.4. The molecule has 0 aromatic carbocycles. The second-order valence-corrected chi connectivity index (χ2v) is 5.02. The SMILES string of the molecule is CCC(Br)CCNCCC(C)C. The minimum Gasteiger partial charge on any atom is -0.317 e. The van der Waals surface area contributed by atoms with Gasteiger partial charge < -0.3 is 5.32 Å². The highest BCUT2D eigenvalue weighted by Crippen LogP contribution is 2.07. The van der Waals surface area contributed by atoms with Gasteiger partial charge in [0, 0.05) is 4.83 Å². The fourth-order valence-corrected chi connectivity index (χ4v) is 1.21. The molecule has 74 valence electrons. The van der Waals surface area contributed by atoms with Crippen LogP contribution in [0.2, 0.25) is 0 Å². The molecule has 0 radical (unpaired) electrons. The van der Waals surface area contributed by atoms with E-state index in [-0.39, 0.29) is 0 Å². The lowest BCUT2D eigenvalue weighted by atomic mass is 10.1. The Morgan fingerprint density at radius 1 is 1.17 bits per heavy atom. The topological polar surface area (TPSA) is 12.0 Å². The predicted molar refractivity (Wildman–Crippen MR) is 59.9 cm³/mol. The molecule has 1 nitrogen and oxygen atoms in total. The maximum Gasteiger partial charge on any atom is 0.0155 e. The molecule has 1 atom stereocenters. The summed E-state index contributed by atoms with van der Waals surface area (Å²) >= 11 is 3.62. The normalized spacial score (nSPS) is 13.8. The Hall–Kier alpha value is 0.440. The van der Waals surface area contributed by atoms with Crippen LogP contribution in [-0.4, -0.2) is 17.9 Å². The number of hydrogen-bond acceptors (Lipinski definition) is 1. The summed E-state index contributed by atoms with van der Waals surface area (Å²) in [5, 5.41) is 3.45. The van der Waals surface area contributed by atoms with Crippen LogP contribution in [0.4, 0.5) is 0 Å². The highest BCUT2D eigenvalue weighted by atomic mass is 79.9. The molecular weight excluding hydrogens is 214 g/mol. The summed E-state index contributed by atoms with van der Waals surface area (Å²) in [5.74, 6) is 0.823. The molecule has 0 fully saturated rings. The second kappa shape index (κ2) is 8.06. The van der Waals surface area contributed by atoms with Gasteiger partial charge in [-0.1, -0.05) is 36.7 Å². The number of hydrogen-bond donors (Lipinski definition) is 1. The number of nitrogens with one attached hydrogen (secondary N) is 1. The van der Waals surface area contributed by atoms with E-state index < -0.39 is 0 Å². The molecule has 0 aliphatic heterocycles. The third-order valence-corrected chi connectivity index (χ3v) is 3.08. The van der Waals surface area contributed by atoms with Crippen molar-refractivity contribution < 1.29 is 0 Å². The van der Waals surface area contributed by atoms with Gasteiger partial charge in [0.2, 0.25) is 0 Å². The van der Waals surface area contributed by atoms with Crippen molar-refractivity contribution in [2.45, 2.75) is 44.9 Å². The summed E-state index contributed by atoms with van der Waals surface area (Å²) in [7, 11) is 0. The van der Waals surface area contributed by atoms with Gasteiger partial charge in [0.05, 0.1) is 0 Å². The largest absolute Gasteiger partial charge is 0.317 e. The van der Waals surface area contributed by atoms with Gasteiger partial charge in [0.1, 0.15) is 0 Å². The summed E-state index contributed by atoms with van der Waals surface area (Å²) in [6.07, 6.45) is 3.76. The van der Waals surface area contributed by atoms with Crippen LogP contribution >= 0.6 is 15.9 Å². The van der Waals surface area contributed by atoms with Gasteiger partial charge >= 0.3 is 0 Å². The molecule has 0 aromatic heterocycles. The summed E-state index contributed by atoms with van der Waals surface area (Å²) in [5.41, 5.74) is 0. The van der Waals surface area contributed by atoms with Gasteiger partial charge in [-0.15, -0.1) is 0 Å². The Kier molecular flexibility index (Phi) is 8.35. The summed E-state index contributed by atoms with van der Waals surface area (Å²) in [6, 6.07) is 0. The molecule has 12 heavy (non-hydrogen) atoms. The van der Waals surface area contributed by atoms with Crippen LogP contribution in [0.15, 0.2) is 0 Å². The van der Waals surface area contributed by atoms with Crippen molar-refractivity contribution in [2.24, 2.45) is 5.92 Å². The Labute approximate surface area is 85.4 Å². The number of alkyl halides is 1. The monoisotopic (exact) mass is 235 g/mol. The molecule has 0 saturated heterocycles. The molecule has 1 N–H and O–H groups in total. The van der Waals surface area contributed by atoms with Gasteiger partial charge in [0.25, 0.3) is 0 Å². The van der Waals surface area contributed by atoms with Crippen molar-refractivity contribution in [3.8, 4) is 0 Å². The summed E-state index contributed by atoms with van der Waals surface area (Å²) < 4.78 is 0. The zero-order valence-corrected chi connectivity index (χ0v) is 10.2. The van der Waals surface area contributed by atoms with E-state index in [9.17, 15) is 0 Å². The summed E-state index contributed by atoms with van der Waals surface area (Å²) in [4.78, 5) is 0.698. The first-order valence-electron chi connectivity index (χ1n) is 5.01. The van der Waals surface area contributed by atoms with Crippen LogP contribution in [0.25, 0.3) is 0 Å². The average Bonchev–Trinajstić information content (AvgIpc) is 2.03. The Bertz CT molecular complexity index is 93.8. The van der Waals surface area contributed by atoms with Crippen LogP contribution in [0.5, 0.6) is 0 Å². The molecule has 0 bridgehead atoms. The minimum absolute atomic E-state index is 0.698. The highest BCUT2D eigenvalue weighted by Gasteiger charge is 1.99. The van der Waals surface area contributed by atoms with Crippen molar-refractivity contribution in [1.29, 1.82) is 0 Å². The standard InChI is InChI=1S/C10H22BrN/c1-4-10(11)6-8-12-7-5-9(2)3/h9-10,12H,4-8H2,1-3H3. The number of rotatable bonds is 7. The van der Waals surface area contributed by atoms with Gasteiger partial charge in [-0.2, -0.15) is 0 Å². The van der Waals surface area contributed by atoms with Crippen molar-refractivity contribution in [2.75, 3.05) is 13.1 Å². The lowest BCUT2D eigenvalue weighted by molar-refractivity contribution is 0.529. The first-order valence-corrected chi connectivity index (χ1v) is 5.93. The molecule has 0 aliphatic rings. The molecule has 0 amide bonds. The van der Waals surface area contributed by atoms with Gasteiger partial charge in [-0.05, 0) is 38.3 Å². The second-order valence-electron chi connectivity index (χ2n) is 3.73. The van der Waals surface area contributed by atoms with Crippen molar-refractivity contribution in [3.63, 3.8) is 0 Å². The van der Waals surface area contributed by atoms with Crippen molar-refractivity contribution in [3.05, 3.63) is 0 Å². The molecular formula is C10H22BrN. The van der Waals surface area contributed by atoms with E-state index in [4.69, 9.17) is 0 Å². The maximum absolute atomic E-state index is 3.62. The van der Waals surface area contributed by atoms with Crippen LogP contribution < -0.4 is 5.32 Å². The van der Waals surface area contributed by atoms with Crippen molar-refractivity contribution in [1.82, 2.24) is 5.32 Å². The zero-order chi connectivity index (χ0) is 9.40. The number of halogens is 1. The Balaban J connectivity index is 3.00. The van der Waals surface area contributed by atoms with Crippen molar-refractivity contribution >= 4 is 15.9 Å². The van der Waals surface area contributed by atoms with Gasteiger partial charge in [-0.3, -0.25) is 0 Å². The van der Waals surface area contributed by atoms with Crippen LogP contribution in [0.1, 0.15) is 40.0 Å². The fourth-order valence-electron chi connectivity index (χ4n) is 0.979. The van der Waals surface area contributed by atoms with Gasteiger partial charge in [0.15, 0.2) is 0 Å². The zero-order valence-electron chi connectivity index (χ0n) is 8.57. The van der Waals surface area contributed by atoms with E-state index in [1.807, 2.05) is 0 Å². The molecule has 0 spiro atoms. The predicted octanol–water partition coefficient (Wildman–Crippen LogP) is 3.19. The van der Waals surface area contributed by atoms with Crippen LogP contribution in [0, 0.1) is 5.92 Å². The van der Waals surface area contributed by atoms with E-state index in [1.54, 1.807) is 0 Å². The van der Waals surface area contributed by atoms with E-state index in [0.29, 0.717) is 4.83 Å². The van der Waals surface area contributed by atoms with E-state index in [1.165, 1.54) is 25.8 Å². The molecule has 0 rings (SSSR count). The minimum atomic E-state index is 0.698. The third-order valence-electron chi connectivity index (χ3n) is 1.98. The molecule has 0 heterocycles. The Morgan fingerprint density at radius 3 is 2.25 bits per heavy atom.